The van der Waals surface area contributed by atoms with Crippen molar-refractivity contribution in [2.24, 2.45) is 11.1 Å². The Morgan fingerprint density at radius 2 is 2.16 bits per heavy atom. The molecule has 1 aromatic rings. The van der Waals surface area contributed by atoms with Crippen LogP contribution in [0, 0.1) is 10.8 Å². The number of anilines is 1. The molecule has 0 amide bonds. The molecule has 0 aromatic heterocycles. The van der Waals surface area contributed by atoms with Crippen molar-refractivity contribution in [1.29, 1.82) is 5.41 Å². The van der Waals surface area contributed by atoms with Crippen LogP contribution in [0.5, 0.6) is 5.75 Å². The van der Waals surface area contributed by atoms with Crippen LogP contribution < -0.4 is 15.4 Å². The highest BCUT2D eigenvalue weighted by molar-refractivity contribution is 5.78. The largest absolute Gasteiger partial charge is 0.491 e. The van der Waals surface area contributed by atoms with Gasteiger partial charge in [-0.05, 0) is 36.8 Å². The number of hydrogen-bond acceptors (Lipinski definition) is 3. The van der Waals surface area contributed by atoms with Crippen molar-refractivity contribution in [3.8, 4) is 5.75 Å². The molecule has 0 atom stereocenters. The van der Waals surface area contributed by atoms with E-state index < -0.39 is 0 Å². The second-order valence-corrected chi connectivity index (χ2v) is 5.79. The number of rotatable bonds is 4. The molecule has 1 aliphatic carbocycles. The fourth-order valence-corrected chi connectivity index (χ4v) is 2.94. The molecule has 0 radical (unpaired) electrons. The fraction of sp³-hybridized carbons (Fsp3) is 0.533. The number of amidine groups is 1. The molecule has 1 saturated carbocycles. The van der Waals surface area contributed by atoms with Crippen LogP contribution in [0.15, 0.2) is 24.3 Å². The fourth-order valence-electron chi connectivity index (χ4n) is 2.94. The predicted molar refractivity (Wildman–Crippen MR) is 77.0 cm³/mol. The van der Waals surface area contributed by atoms with Gasteiger partial charge in [0, 0.05) is 19.5 Å². The maximum Gasteiger partial charge on any atom is 0.142 e. The Hall–Kier alpha value is -1.71. The molecule has 1 aromatic carbocycles. The van der Waals surface area contributed by atoms with Crippen LogP contribution in [0.2, 0.25) is 0 Å². The standard InChI is InChI=1S/C15H21N3O/c16-14(17)10-15(6-7-15)11-18-8-3-9-19-13-5-2-1-4-12(13)18/h1-2,4-5H,3,6-11H2,(H3,16,17). The van der Waals surface area contributed by atoms with Crippen LogP contribution in [0.4, 0.5) is 5.69 Å². The number of nitrogens with zero attached hydrogens (tertiary/aromatic N) is 1. The van der Waals surface area contributed by atoms with E-state index in [4.69, 9.17) is 15.9 Å². The minimum Gasteiger partial charge on any atom is -0.491 e. The van der Waals surface area contributed by atoms with Crippen molar-refractivity contribution >= 4 is 11.5 Å². The van der Waals surface area contributed by atoms with Gasteiger partial charge in [0.1, 0.15) is 5.75 Å². The van der Waals surface area contributed by atoms with Gasteiger partial charge in [0.25, 0.3) is 0 Å². The lowest BCUT2D eigenvalue weighted by Gasteiger charge is -2.28. The predicted octanol–water partition coefficient (Wildman–Crippen LogP) is 2.38. The lowest BCUT2D eigenvalue weighted by atomic mass is 10.0. The first-order valence-corrected chi connectivity index (χ1v) is 6.98. The first kappa shape index (κ1) is 12.3. The van der Waals surface area contributed by atoms with E-state index in [0.29, 0.717) is 5.84 Å². The van der Waals surface area contributed by atoms with E-state index in [-0.39, 0.29) is 5.41 Å². The third-order valence-corrected chi connectivity index (χ3v) is 4.08. The van der Waals surface area contributed by atoms with Gasteiger partial charge in [0.05, 0.1) is 18.1 Å². The zero-order valence-corrected chi connectivity index (χ0v) is 11.2. The highest BCUT2D eigenvalue weighted by Crippen LogP contribution is 2.50. The molecule has 3 rings (SSSR count). The van der Waals surface area contributed by atoms with Crippen molar-refractivity contribution in [2.75, 3.05) is 24.6 Å². The van der Waals surface area contributed by atoms with Gasteiger partial charge in [-0.15, -0.1) is 0 Å². The van der Waals surface area contributed by atoms with Gasteiger partial charge in [-0.25, -0.2) is 0 Å². The summed E-state index contributed by atoms with van der Waals surface area (Å²) in [5.74, 6) is 1.30. The van der Waals surface area contributed by atoms with Gasteiger partial charge in [-0.2, -0.15) is 0 Å². The van der Waals surface area contributed by atoms with Crippen LogP contribution in [-0.4, -0.2) is 25.5 Å². The minimum atomic E-state index is 0.239. The summed E-state index contributed by atoms with van der Waals surface area (Å²) in [4.78, 5) is 2.41. The monoisotopic (exact) mass is 259 g/mol. The van der Waals surface area contributed by atoms with Gasteiger partial charge < -0.3 is 15.4 Å². The van der Waals surface area contributed by atoms with Crippen LogP contribution >= 0.6 is 0 Å². The first-order chi connectivity index (χ1) is 9.19. The summed E-state index contributed by atoms with van der Waals surface area (Å²) in [6.45, 7) is 2.80. The maximum atomic E-state index is 7.53. The average molecular weight is 259 g/mol. The summed E-state index contributed by atoms with van der Waals surface area (Å²) in [6, 6.07) is 8.25. The molecule has 1 aliphatic heterocycles. The minimum absolute atomic E-state index is 0.239. The van der Waals surface area contributed by atoms with Crippen LogP contribution in [0.25, 0.3) is 0 Å². The first-order valence-electron chi connectivity index (χ1n) is 6.98. The van der Waals surface area contributed by atoms with Gasteiger partial charge in [0.2, 0.25) is 0 Å². The van der Waals surface area contributed by atoms with Crippen molar-refractivity contribution in [1.82, 2.24) is 0 Å². The Morgan fingerprint density at radius 3 is 2.89 bits per heavy atom. The van der Waals surface area contributed by atoms with Gasteiger partial charge in [0.15, 0.2) is 0 Å². The summed E-state index contributed by atoms with van der Waals surface area (Å²) in [5.41, 5.74) is 7.02. The molecular weight excluding hydrogens is 238 g/mol. The highest BCUT2D eigenvalue weighted by atomic mass is 16.5. The van der Waals surface area contributed by atoms with E-state index in [0.717, 1.165) is 38.3 Å². The van der Waals surface area contributed by atoms with Crippen LogP contribution in [-0.2, 0) is 0 Å². The molecule has 3 N–H and O–H groups in total. The van der Waals surface area contributed by atoms with E-state index in [9.17, 15) is 0 Å². The molecule has 4 nitrogen and oxygen atoms in total. The summed E-state index contributed by atoms with van der Waals surface area (Å²) < 4.78 is 5.79. The molecular formula is C15H21N3O. The SMILES string of the molecule is N=C(N)CC1(CN2CCCOc3ccccc32)CC1. The van der Waals surface area contributed by atoms with Crippen molar-refractivity contribution < 1.29 is 4.74 Å². The van der Waals surface area contributed by atoms with Gasteiger partial charge in [-0.1, -0.05) is 12.1 Å². The Bertz CT molecular complexity index is 482. The Kier molecular flexibility index (Phi) is 3.09. The molecule has 102 valence electrons. The van der Waals surface area contributed by atoms with Crippen LogP contribution in [0.1, 0.15) is 25.7 Å². The zero-order valence-electron chi connectivity index (χ0n) is 11.2. The van der Waals surface area contributed by atoms with Crippen molar-refractivity contribution in [3.05, 3.63) is 24.3 Å². The lowest BCUT2D eigenvalue weighted by molar-refractivity contribution is 0.322. The molecule has 19 heavy (non-hydrogen) atoms. The highest BCUT2D eigenvalue weighted by Gasteiger charge is 2.44. The number of benzene rings is 1. The number of nitrogens with two attached hydrogens (primary N) is 1. The topological polar surface area (TPSA) is 62.3 Å². The third-order valence-electron chi connectivity index (χ3n) is 4.08. The van der Waals surface area contributed by atoms with Gasteiger partial charge >= 0.3 is 0 Å². The Morgan fingerprint density at radius 1 is 1.37 bits per heavy atom. The van der Waals surface area contributed by atoms with E-state index in [1.54, 1.807) is 0 Å². The molecule has 2 aliphatic rings. The molecule has 1 fully saturated rings. The normalized spacial score (nSPS) is 20.1. The number of nitrogens with one attached hydrogen (secondary N) is 1. The zero-order chi connectivity index (χ0) is 13.3. The van der Waals surface area contributed by atoms with Crippen molar-refractivity contribution in [3.63, 3.8) is 0 Å². The maximum absolute atomic E-state index is 7.53. The number of hydrogen-bond donors (Lipinski definition) is 2. The molecule has 1 heterocycles. The smallest absolute Gasteiger partial charge is 0.142 e. The van der Waals surface area contributed by atoms with E-state index in [1.165, 1.54) is 18.5 Å². The quantitative estimate of drug-likeness (QED) is 0.644. The second-order valence-electron chi connectivity index (χ2n) is 5.79. The number of fused-ring (bicyclic) bond motifs is 1. The molecule has 0 spiro atoms. The molecule has 4 heteroatoms. The van der Waals surface area contributed by atoms with E-state index >= 15 is 0 Å². The second kappa shape index (κ2) is 4.76. The van der Waals surface area contributed by atoms with E-state index in [2.05, 4.69) is 17.0 Å². The lowest BCUT2D eigenvalue weighted by Crippen LogP contribution is -2.33. The Balaban J connectivity index is 1.79. The molecule has 0 saturated heterocycles. The third kappa shape index (κ3) is 2.67. The van der Waals surface area contributed by atoms with Crippen LogP contribution in [0.3, 0.4) is 0 Å². The van der Waals surface area contributed by atoms with Gasteiger partial charge in [-0.3, -0.25) is 5.41 Å². The summed E-state index contributed by atoms with van der Waals surface area (Å²) in [7, 11) is 0. The Labute approximate surface area is 114 Å². The number of ether oxygens (including phenoxy) is 1. The summed E-state index contributed by atoms with van der Waals surface area (Å²) in [5, 5.41) is 7.53. The average Bonchev–Trinajstić information content (AvgIpc) is 3.14. The number of para-hydroxylation sites is 2. The summed E-state index contributed by atoms with van der Waals surface area (Å²) in [6.07, 6.45) is 4.15. The van der Waals surface area contributed by atoms with E-state index in [1.807, 2.05) is 12.1 Å². The van der Waals surface area contributed by atoms with Crippen molar-refractivity contribution in [2.45, 2.75) is 25.7 Å². The summed E-state index contributed by atoms with van der Waals surface area (Å²) >= 11 is 0. The molecule has 0 bridgehead atoms. The molecule has 0 unspecified atom stereocenters.